The standard InChI is InChI=1S/C22H22ClN3O3S2/c1-15(21(27)25-17-11-12-31(28,29)14-17)30-22-24-13-20(16-7-3-2-4-8-16)26(22)19-10-6-5-9-18(19)23/h2-10,13,15,17H,11-12,14H2,1H3,(H,25,27)/t15-,17+/m1/s1. The smallest absolute Gasteiger partial charge is 0.233 e. The number of sulfone groups is 1. The first kappa shape index (κ1) is 21.9. The number of aromatic nitrogens is 2. The summed E-state index contributed by atoms with van der Waals surface area (Å²) in [5.74, 6) is -0.0821. The molecule has 4 rings (SSSR count). The summed E-state index contributed by atoms with van der Waals surface area (Å²) < 4.78 is 25.3. The molecule has 2 atom stereocenters. The first-order valence-electron chi connectivity index (χ1n) is 9.89. The highest BCUT2D eigenvalue weighted by Gasteiger charge is 2.30. The quantitative estimate of drug-likeness (QED) is 0.545. The van der Waals surface area contributed by atoms with Crippen molar-refractivity contribution >= 4 is 39.1 Å². The fraction of sp³-hybridized carbons (Fsp3) is 0.273. The number of nitrogens with zero attached hydrogens (tertiary/aromatic N) is 2. The average Bonchev–Trinajstić information content (AvgIpc) is 3.31. The zero-order chi connectivity index (χ0) is 22.0. The third-order valence-electron chi connectivity index (χ3n) is 5.12. The van der Waals surface area contributed by atoms with E-state index in [-0.39, 0.29) is 23.5 Å². The van der Waals surface area contributed by atoms with Gasteiger partial charge in [0.25, 0.3) is 0 Å². The van der Waals surface area contributed by atoms with Gasteiger partial charge in [-0.1, -0.05) is 65.8 Å². The SMILES string of the molecule is C[C@@H](Sc1ncc(-c2ccccc2)n1-c1ccccc1Cl)C(=O)N[C@H]1CCS(=O)(=O)C1. The van der Waals surface area contributed by atoms with E-state index in [9.17, 15) is 13.2 Å². The zero-order valence-electron chi connectivity index (χ0n) is 16.9. The van der Waals surface area contributed by atoms with Gasteiger partial charge < -0.3 is 5.32 Å². The van der Waals surface area contributed by atoms with Crippen molar-refractivity contribution in [3.8, 4) is 16.9 Å². The average molecular weight is 476 g/mol. The Kier molecular flexibility index (Phi) is 6.41. The van der Waals surface area contributed by atoms with Crippen LogP contribution in [0.5, 0.6) is 0 Å². The lowest BCUT2D eigenvalue weighted by Gasteiger charge is -2.17. The van der Waals surface area contributed by atoms with Gasteiger partial charge in [-0.2, -0.15) is 0 Å². The summed E-state index contributed by atoms with van der Waals surface area (Å²) in [5, 5.41) is 3.61. The van der Waals surface area contributed by atoms with Crippen molar-refractivity contribution in [1.82, 2.24) is 14.9 Å². The van der Waals surface area contributed by atoms with Gasteiger partial charge in [-0.3, -0.25) is 9.36 Å². The maximum atomic E-state index is 12.7. The summed E-state index contributed by atoms with van der Waals surface area (Å²) in [7, 11) is -3.05. The van der Waals surface area contributed by atoms with Gasteiger partial charge in [-0.05, 0) is 25.5 Å². The molecule has 0 saturated carbocycles. The van der Waals surface area contributed by atoms with E-state index in [2.05, 4.69) is 10.3 Å². The van der Waals surface area contributed by atoms with Crippen LogP contribution in [0.3, 0.4) is 0 Å². The van der Waals surface area contributed by atoms with Crippen LogP contribution in [0.2, 0.25) is 5.02 Å². The van der Waals surface area contributed by atoms with Gasteiger partial charge in [0.2, 0.25) is 5.91 Å². The first-order chi connectivity index (χ1) is 14.8. The Morgan fingerprint density at radius 2 is 1.90 bits per heavy atom. The third-order valence-corrected chi connectivity index (χ3v) is 8.28. The molecule has 1 N–H and O–H groups in total. The van der Waals surface area contributed by atoms with Crippen LogP contribution in [-0.4, -0.2) is 46.7 Å². The molecule has 2 heterocycles. The summed E-state index contributed by atoms with van der Waals surface area (Å²) in [6.45, 7) is 1.79. The number of benzene rings is 2. The fourth-order valence-electron chi connectivity index (χ4n) is 3.54. The number of para-hydroxylation sites is 1. The largest absolute Gasteiger partial charge is 0.351 e. The molecule has 6 nitrogen and oxygen atoms in total. The summed E-state index contributed by atoms with van der Waals surface area (Å²) in [6, 6.07) is 17.0. The normalized spacial score (nSPS) is 18.6. The second-order valence-corrected chi connectivity index (χ2v) is 11.4. The number of hydrogen-bond donors (Lipinski definition) is 1. The number of halogens is 1. The molecule has 1 aromatic heterocycles. The van der Waals surface area contributed by atoms with E-state index < -0.39 is 15.1 Å². The van der Waals surface area contributed by atoms with Crippen molar-refractivity contribution in [3.05, 3.63) is 65.8 Å². The lowest BCUT2D eigenvalue weighted by Crippen LogP contribution is -2.40. The highest BCUT2D eigenvalue weighted by atomic mass is 35.5. The Balaban J connectivity index is 1.62. The molecule has 2 aromatic carbocycles. The molecule has 31 heavy (non-hydrogen) atoms. The van der Waals surface area contributed by atoms with Gasteiger partial charge in [0.05, 0.1) is 39.4 Å². The second kappa shape index (κ2) is 9.06. The minimum Gasteiger partial charge on any atom is -0.351 e. The number of nitrogens with one attached hydrogen (secondary N) is 1. The van der Waals surface area contributed by atoms with Crippen LogP contribution >= 0.6 is 23.4 Å². The van der Waals surface area contributed by atoms with Gasteiger partial charge in [0.15, 0.2) is 15.0 Å². The van der Waals surface area contributed by atoms with E-state index in [0.29, 0.717) is 16.6 Å². The second-order valence-electron chi connectivity index (χ2n) is 7.45. The molecule has 0 unspecified atom stereocenters. The van der Waals surface area contributed by atoms with Gasteiger partial charge in [0.1, 0.15) is 0 Å². The van der Waals surface area contributed by atoms with Crippen molar-refractivity contribution in [2.24, 2.45) is 0 Å². The Hall–Kier alpha value is -2.29. The van der Waals surface area contributed by atoms with Crippen molar-refractivity contribution in [1.29, 1.82) is 0 Å². The lowest BCUT2D eigenvalue weighted by atomic mass is 10.1. The number of amides is 1. The van der Waals surface area contributed by atoms with Gasteiger partial charge in [0, 0.05) is 11.6 Å². The van der Waals surface area contributed by atoms with E-state index in [1.165, 1.54) is 11.8 Å². The Labute approximate surface area is 190 Å². The van der Waals surface area contributed by atoms with Crippen molar-refractivity contribution in [3.63, 3.8) is 0 Å². The molecular weight excluding hydrogens is 454 g/mol. The molecule has 0 aliphatic carbocycles. The third kappa shape index (κ3) is 4.97. The predicted molar refractivity (Wildman–Crippen MR) is 125 cm³/mol. The van der Waals surface area contributed by atoms with Crippen LogP contribution in [0.4, 0.5) is 0 Å². The highest BCUT2D eigenvalue weighted by Crippen LogP contribution is 2.34. The summed E-state index contributed by atoms with van der Waals surface area (Å²) in [4.78, 5) is 17.3. The van der Waals surface area contributed by atoms with Crippen LogP contribution in [0.15, 0.2) is 66.0 Å². The van der Waals surface area contributed by atoms with Crippen LogP contribution < -0.4 is 5.32 Å². The van der Waals surface area contributed by atoms with Crippen molar-refractivity contribution in [2.45, 2.75) is 29.8 Å². The number of hydrogen-bond acceptors (Lipinski definition) is 5. The molecule has 1 saturated heterocycles. The molecule has 3 aromatic rings. The van der Waals surface area contributed by atoms with Crippen LogP contribution in [0.1, 0.15) is 13.3 Å². The molecule has 1 aliphatic rings. The molecule has 162 valence electrons. The lowest BCUT2D eigenvalue weighted by molar-refractivity contribution is -0.120. The Bertz CT molecular complexity index is 1200. The van der Waals surface area contributed by atoms with Crippen molar-refractivity contribution < 1.29 is 13.2 Å². The van der Waals surface area contributed by atoms with Gasteiger partial charge in [-0.25, -0.2) is 13.4 Å². The number of thioether (sulfide) groups is 1. The van der Waals surface area contributed by atoms with Crippen molar-refractivity contribution in [2.75, 3.05) is 11.5 Å². The maximum Gasteiger partial charge on any atom is 0.233 e. The monoisotopic (exact) mass is 475 g/mol. The predicted octanol–water partition coefficient (Wildman–Crippen LogP) is 3.98. The van der Waals surface area contributed by atoms with E-state index in [4.69, 9.17) is 11.6 Å². The molecule has 9 heteroatoms. The molecule has 0 spiro atoms. The minimum absolute atomic E-state index is 0.00251. The van der Waals surface area contributed by atoms with Crippen LogP contribution in [0.25, 0.3) is 16.9 Å². The minimum atomic E-state index is -3.05. The van der Waals surface area contributed by atoms with E-state index in [1.807, 2.05) is 59.2 Å². The fourth-order valence-corrected chi connectivity index (χ4v) is 6.34. The Morgan fingerprint density at radius 1 is 1.19 bits per heavy atom. The number of carbonyl (C=O) groups excluding carboxylic acids is 1. The van der Waals surface area contributed by atoms with Crippen LogP contribution in [0, 0.1) is 0 Å². The van der Waals surface area contributed by atoms with E-state index in [1.54, 1.807) is 13.1 Å². The van der Waals surface area contributed by atoms with E-state index in [0.717, 1.165) is 16.9 Å². The highest BCUT2D eigenvalue weighted by molar-refractivity contribution is 8.00. The number of rotatable bonds is 6. The molecule has 0 radical (unpaired) electrons. The summed E-state index contributed by atoms with van der Waals surface area (Å²) in [5.41, 5.74) is 2.62. The summed E-state index contributed by atoms with van der Waals surface area (Å²) in [6.07, 6.45) is 2.23. The molecule has 0 bridgehead atoms. The summed E-state index contributed by atoms with van der Waals surface area (Å²) >= 11 is 7.80. The molecule has 1 aliphatic heterocycles. The van der Waals surface area contributed by atoms with Gasteiger partial charge >= 0.3 is 0 Å². The first-order valence-corrected chi connectivity index (χ1v) is 13.0. The molecule has 1 amide bonds. The number of carbonyl (C=O) groups is 1. The topological polar surface area (TPSA) is 81.1 Å². The van der Waals surface area contributed by atoms with Crippen LogP contribution in [-0.2, 0) is 14.6 Å². The molecule has 1 fully saturated rings. The Morgan fingerprint density at radius 3 is 2.58 bits per heavy atom. The van der Waals surface area contributed by atoms with Gasteiger partial charge in [-0.15, -0.1) is 0 Å². The molecular formula is C22H22ClN3O3S2. The van der Waals surface area contributed by atoms with E-state index >= 15 is 0 Å². The zero-order valence-corrected chi connectivity index (χ0v) is 19.3. The number of imidazole rings is 1. The maximum absolute atomic E-state index is 12.7.